The van der Waals surface area contributed by atoms with Crippen molar-refractivity contribution in [2.24, 2.45) is 0 Å². The quantitative estimate of drug-likeness (QED) is 0.466. The molecule has 0 heterocycles. The summed E-state index contributed by atoms with van der Waals surface area (Å²) in [4.78, 5) is 34.8. The molecule has 0 aliphatic heterocycles. The Hall–Kier alpha value is -3.22. The Morgan fingerprint density at radius 3 is 2.46 bits per heavy atom. The van der Waals surface area contributed by atoms with Gasteiger partial charge < -0.3 is 10.1 Å². The Bertz CT molecular complexity index is 805. The largest absolute Gasteiger partial charge is 0.466 e. The third-order valence-corrected chi connectivity index (χ3v) is 3.84. The van der Waals surface area contributed by atoms with Crippen molar-refractivity contribution in [1.82, 2.24) is 5.32 Å². The van der Waals surface area contributed by atoms with E-state index in [1.54, 1.807) is 13.8 Å². The number of nitro groups is 1. The third kappa shape index (κ3) is 4.89. The molecule has 1 amide bonds. The van der Waals surface area contributed by atoms with Crippen molar-refractivity contribution in [2.45, 2.75) is 26.3 Å². The standard InChI is InChI=1S/C19H20N2O5/c1-3-26-18(22)12-16(14-7-5-4-6-8-14)20-19(23)15-9-10-17(21(24)25)13(2)11-15/h4-11,16H,3,12H2,1-2H3,(H,20,23). The topological polar surface area (TPSA) is 98.5 Å². The number of aryl methyl sites for hydroxylation is 1. The summed E-state index contributed by atoms with van der Waals surface area (Å²) in [5, 5.41) is 13.7. The van der Waals surface area contributed by atoms with Crippen LogP contribution in [0.4, 0.5) is 5.69 Å². The number of hydrogen-bond acceptors (Lipinski definition) is 5. The fraction of sp³-hybridized carbons (Fsp3) is 0.263. The van der Waals surface area contributed by atoms with E-state index in [1.807, 2.05) is 30.3 Å². The molecular formula is C19H20N2O5. The first-order valence-corrected chi connectivity index (χ1v) is 8.18. The highest BCUT2D eigenvalue weighted by Crippen LogP contribution is 2.21. The van der Waals surface area contributed by atoms with Crippen LogP contribution in [0.15, 0.2) is 48.5 Å². The summed E-state index contributed by atoms with van der Waals surface area (Å²) in [7, 11) is 0. The molecule has 2 aromatic carbocycles. The highest BCUT2D eigenvalue weighted by atomic mass is 16.6. The first kappa shape index (κ1) is 19.1. The summed E-state index contributed by atoms with van der Waals surface area (Å²) >= 11 is 0. The molecule has 136 valence electrons. The van der Waals surface area contributed by atoms with Crippen LogP contribution in [0.3, 0.4) is 0 Å². The summed E-state index contributed by atoms with van der Waals surface area (Å²) in [5.74, 6) is -0.831. The predicted octanol–water partition coefficient (Wildman–Crippen LogP) is 3.33. The molecule has 7 heteroatoms. The van der Waals surface area contributed by atoms with Gasteiger partial charge in [-0.05, 0) is 31.5 Å². The molecule has 0 aliphatic carbocycles. The smallest absolute Gasteiger partial charge is 0.308 e. The van der Waals surface area contributed by atoms with Crippen LogP contribution in [0.5, 0.6) is 0 Å². The van der Waals surface area contributed by atoms with Gasteiger partial charge in [0.2, 0.25) is 0 Å². The van der Waals surface area contributed by atoms with Crippen LogP contribution in [0, 0.1) is 17.0 Å². The van der Waals surface area contributed by atoms with Crippen LogP contribution >= 0.6 is 0 Å². The minimum Gasteiger partial charge on any atom is -0.466 e. The highest BCUT2D eigenvalue weighted by molar-refractivity contribution is 5.95. The van der Waals surface area contributed by atoms with E-state index in [0.29, 0.717) is 5.56 Å². The first-order chi connectivity index (χ1) is 12.4. The van der Waals surface area contributed by atoms with Gasteiger partial charge in [-0.2, -0.15) is 0 Å². The number of hydrogen-bond donors (Lipinski definition) is 1. The van der Waals surface area contributed by atoms with Gasteiger partial charge in [-0.15, -0.1) is 0 Å². The molecule has 0 fully saturated rings. The lowest BCUT2D eigenvalue weighted by molar-refractivity contribution is -0.385. The van der Waals surface area contributed by atoms with Gasteiger partial charge in [0.05, 0.1) is 24.0 Å². The molecular weight excluding hydrogens is 336 g/mol. The monoisotopic (exact) mass is 356 g/mol. The Morgan fingerprint density at radius 2 is 1.88 bits per heavy atom. The van der Waals surface area contributed by atoms with Gasteiger partial charge in [-0.1, -0.05) is 30.3 Å². The SMILES string of the molecule is CCOC(=O)CC(NC(=O)c1ccc([N+](=O)[O-])c(C)c1)c1ccccc1. The van der Waals surface area contributed by atoms with Gasteiger partial charge in [0.25, 0.3) is 11.6 Å². The Balaban J connectivity index is 2.21. The van der Waals surface area contributed by atoms with Crippen LogP contribution in [-0.2, 0) is 9.53 Å². The maximum Gasteiger partial charge on any atom is 0.308 e. The molecule has 1 N–H and O–H groups in total. The molecule has 0 aromatic heterocycles. The normalized spacial score (nSPS) is 11.5. The maximum atomic E-state index is 12.6. The number of benzene rings is 2. The average Bonchev–Trinajstić information content (AvgIpc) is 2.61. The van der Waals surface area contributed by atoms with Gasteiger partial charge >= 0.3 is 5.97 Å². The first-order valence-electron chi connectivity index (χ1n) is 8.18. The molecule has 1 unspecified atom stereocenters. The molecule has 2 aromatic rings. The van der Waals surface area contributed by atoms with Crippen LogP contribution in [0.25, 0.3) is 0 Å². The number of nitrogens with zero attached hydrogens (tertiary/aromatic N) is 1. The predicted molar refractivity (Wildman–Crippen MR) is 95.7 cm³/mol. The highest BCUT2D eigenvalue weighted by Gasteiger charge is 2.21. The lowest BCUT2D eigenvalue weighted by Crippen LogP contribution is -2.30. The second-order valence-corrected chi connectivity index (χ2v) is 5.70. The Morgan fingerprint density at radius 1 is 1.19 bits per heavy atom. The van der Waals surface area contributed by atoms with Crippen molar-refractivity contribution in [2.75, 3.05) is 6.61 Å². The number of carbonyl (C=O) groups is 2. The van der Waals surface area contributed by atoms with Gasteiger partial charge in [0.1, 0.15) is 0 Å². The van der Waals surface area contributed by atoms with Crippen molar-refractivity contribution >= 4 is 17.6 Å². The molecule has 2 rings (SSSR count). The van der Waals surface area contributed by atoms with Crippen molar-refractivity contribution in [3.63, 3.8) is 0 Å². The molecule has 0 spiro atoms. The number of nitro benzene ring substituents is 1. The summed E-state index contributed by atoms with van der Waals surface area (Å²) in [6, 6.07) is 12.7. The van der Waals surface area contributed by atoms with E-state index < -0.39 is 22.8 Å². The molecule has 26 heavy (non-hydrogen) atoms. The Kier molecular flexibility index (Phi) is 6.43. The molecule has 0 radical (unpaired) electrons. The number of esters is 1. The van der Waals surface area contributed by atoms with Crippen LogP contribution < -0.4 is 5.32 Å². The molecule has 0 saturated heterocycles. The van der Waals surface area contributed by atoms with E-state index in [9.17, 15) is 19.7 Å². The van der Waals surface area contributed by atoms with Gasteiger partial charge in [-0.25, -0.2) is 0 Å². The zero-order valence-corrected chi connectivity index (χ0v) is 14.6. The second-order valence-electron chi connectivity index (χ2n) is 5.70. The van der Waals surface area contributed by atoms with Crippen molar-refractivity contribution in [3.05, 3.63) is 75.3 Å². The average molecular weight is 356 g/mol. The number of ether oxygens (including phenoxy) is 1. The van der Waals surface area contributed by atoms with E-state index in [4.69, 9.17) is 4.74 Å². The lowest BCUT2D eigenvalue weighted by Gasteiger charge is -2.18. The molecule has 1 atom stereocenters. The van der Waals surface area contributed by atoms with Crippen LogP contribution in [-0.4, -0.2) is 23.4 Å². The molecule has 0 aliphatic rings. The van der Waals surface area contributed by atoms with E-state index in [1.165, 1.54) is 18.2 Å². The number of nitrogens with one attached hydrogen (secondary N) is 1. The second kappa shape index (κ2) is 8.75. The fourth-order valence-electron chi connectivity index (χ4n) is 2.57. The molecule has 7 nitrogen and oxygen atoms in total. The van der Waals surface area contributed by atoms with Crippen molar-refractivity contribution in [3.8, 4) is 0 Å². The van der Waals surface area contributed by atoms with Crippen molar-refractivity contribution < 1.29 is 19.2 Å². The molecule has 0 saturated carbocycles. The van der Waals surface area contributed by atoms with E-state index in [-0.39, 0.29) is 24.3 Å². The van der Waals surface area contributed by atoms with Gasteiger partial charge in [0.15, 0.2) is 0 Å². The summed E-state index contributed by atoms with van der Waals surface area (Å²) in [6.45, 7) is 3.55. The van der Waals surface area contributed by atoms with E-state index >= 15 is 0 Å². The number of carbonyl (C=O) groups excluding carboxylic acids is 2. The van der Waals surface area contributed by atoms with Gasteiger partial charge in [0, 0.05) is 17.2 Å². The zero-order valence-electron chi connectivity index (χ0n) is 14.6. The third-order valence-electron chi connectivity index (χ3n) is 3.84. The number of rotatable bonds is 7. The van der Waals surface area contributed by atoms with E-state index in [2.05, 4.69) is 5.32 Å². The fourth-order valence-corrected chi connectivity index (χ4v) is 2.57. The van der Waals surface area contributed by atoms with Crippen LogP contribution in [0.1, 0.15) is 40.9 Å². The summed E-state index contributed by atoms with van der Waals surface area (Å²) < 4.78 is 4.98. The van der Waals surface area contributed by atoms with E-state index in [0.717, 1.165) is 5.56 Å². The lowest BCUT2D eigenvalue weighted by atomic mass is 10.0. The van der Waals surface area contributed by atoms with Gasteiger partial charge in [-0.3, -0.25) is 19.7 Å². The van der Waals surface area contributed by atoms with Crippen molar-refractivity contribution in [1.29, 1.82) is 0 Å². The Labute approximate surface area is 151 Å². The minimum atomic E-state index is -0.557. The summed E-state index contributed by atoms with van der Waals surface area (Å²) in [5.41, 5.74) is 1.41. The summed E-state index contributed by atoms with van der Waals surface area (Å²) in [6.07, 6.45) is -0.00441. The number of amides is 1. The zero-order chi connectivity index (χ0) is 19.1. The maximum absolute atomic E-state index is 12.6. The van der Waals surface area contributed by atoms with Crippen LogP contribution in [0.2, 0.25) is 0 Å². The molecule has 0 bridgehead atoms. The minimum absolute atomic E-state index is 0.00441.